The van der Waals surface area contributed by atoms with Gasteiger partial charge in [0.15, 0.2) is 10.3 Å². The van der Waals surface area contributed by atoms with Crippen LogP contribution in [-0.4, -0.2) is 35.8 Å². The Bertz CT molecular complexity index is 1300. The van der Waals surface area contributed by atoms with Crippen molar-refractivity contribution in [1.29, 1.82) is 0 Å². The van der Waals surface area contributed by atoms with Crippen molar-refractivity contribution in [1.82, 2.24) is 24.1 Å². The fourth-order valence-electron chi connectivity index (χ4n) is 3.98. The molecule has 1 aromatic carbocycles. The molecule has 3 aromatic heterocycles. The van der Waals surface area contributed by atoms with Crippen LogP contribution >= 0.6 is 23.1 Å². The quantitative estimate of drug-likeness (QED) is 0.476. The summed E-state index contributed by atoms with van der Waals surface area (Å²) in [6.45, 7) is 1.89. The Balaban J connectivity index is 1.51. The van der Waals surface area contributed by atoms with E-state index >= 15 is 0 Å². The Morgan fingerprint density at radius 2 is 2.07 bits per heavy atom. The molecule has 1 N–H and O–H groups in total. The van der Waals surface area contributed by atoms with E-state index in [1.807, 2.05) is 41.0 Å². The van der Waals surface area contributed by atoms with Crippen molar-refractivity contribution in [2.24, 2.45) is 0 Å². The summed E-state index contributed by atoms with van der Waals surface area (Å²) in [6, 6.07) is 7.65. The van der Waals surface area contributed by atoms with Crippen molar-refractivity contribution < 1.29 is 4.79 Å². The summed E-state index contributed by atoms with van der Waals surface area (Å²) >= 11 is 2.70. The van der Waals surface area contributed by atoms with Gasteiger partial charge in [-0.3, -0.25) is 18.6 Å². The minimum Gasteiger partial charge on any atom is -0.301 e. The van der Waals surface area contributed by atoms with Gasteiger partial charge in [0.05, 0.1) is 22.3 Å². The number of nitrogens with one attached hydrogen (secondary N) is 1. The van der Waals surface area contributed by atoms with Gasteiger partial charge in [0.1, 0.15) is 0 Å². The van der Waals surface area contributed by atoms with Crippen molar-refractivity contribution in [3.05, 3.63) is 45.7 Å². The number of thioether (sulfide) groups is 1. The maximum absolute atomic E-state index is 13.2. The molecule has 1 aliphatic carbocycles. The lowest BCUT2D eigenvalue weighted by Gasteiger charge is -2.16. The van der Waals surface area contributed by atoms with Crippen molar-refractivity contribution in [2.75, 3.05) is 11.1 Å². The zero-order valence-corrected chi connectivity index (χ0v) is 18.0. The molecule has 154 valence electrons. The zero-order chi connectivity index (χ0) is 20.7. The van der Waals surface area contributed by atoms with Gasteiger partial charge in [-0.15, -0.1) is 21.5 Å². The smallest absolute Gasteiger partial charge is 0.263 e. The molecule has 1 fully saturated rings. The van der Waals surface area contributed by atoms with Crippen LogP contribution in [0.2, 0.25) is 0 Å². The largest absolute Gasteiger partial charge is 0.301 e. The van der Waals surface area contributed by atoms with Crippen molar-refractivity contribution in [3.8, 4) is 0 Å². The average Bonchev–Trinajstić information content (AvgIpc) is 3.49. The van der Waals surface area contributed by atoms with Crippen molar-refractivity contribution in [2.45, 2.75) is 43.8 Å². The SMILES string of the molecule is Cc1csc(NC(=O)CSc2nnc3n(C4CCCC4)c(=O)c4ccccc4n23)n1. The molecule has 0 saturated heterocycles. The van der Waals surface area contributed by atoms with Crippen LogP contribution in [0.1, 0.15) is 37.4 Å². The van der Waals surface area contributed by atoms with Gasteiger partial charge in [-0.1, -0.05) is 36.7 Å². The summed E-state index contributed by atoms with van der Waals surface area (Å²) in [5.41, 5.74) is 1.61. The van der Waals surface area contributed by atoms with Gasteiger partial charge in [-0.2, -0.15) is 0 Å². The van der Waals surface area contributed by atoms with E-state index in [2.05, 4.69) is 20.5 Å². The van der Waals surface area contributed by atoms with Crippen molar-refractivity contribution >= 4 is 50.8 Å². The highest BCUT2D eigenvalue weighted by Gasteiger charge is 2.24. The van der Waals surface area contributed by atoms with Crippen LogP contribution in [0.3, 0.4) is 0 Å². The van der Waals surface area contributed by atoms with Gasteiger partial charge in [0.25, 0.3) is 5.56 Å². The Labute approximate surface area is 180 Å². The normalized spacial score (nSPS) is 14.7. The maximum atomic E-state index is 13.2. The number of benzene rings is 1. The van der Waals surface area contributed by atoms with Crippen molar-refractivity contribution in [3.63, 3.8) is 0 Å². The minimum absolute atomic E-state index is 0.0224. The second-order valence-corrected chi connectivity index (χ2v) is 9.18. The lowest BCUT2D eigenvalue weighted by molar-refractivity contribution is -0.113. The zero-order valence-electron chi connectivity index (χ0n) is 16.4. The van der Waals surface area contributed by atoms with Gasteiger partial charge >= 0.3 is 0 Å². The highest BCUT2D eigenvalue weighted by molar-refractivity contribution is 7.99. The van der Waals surface area contributed by atoms with Gasteiger partial charge in [0, 0.05) is 11.4 Å². The number of nitrogens with zero attached hydrogens (tertiary/aromatic N) is 5. The summed E-state index contributed by atoms with van der Waals surface area (Å²) < 4.78 is 3.70. The van der Waals surface area contributed by atoms with Crippen LogP contribution in [0.25, 0.3) is 16.7 Å². The number of carbonyl (C=O) groups excluding carboxylic acids is 1. The molecule has 10 heteroatoms. The molecule has 1 aliphatic rings. The number of anilines is 1. The second-order valence-electron chi connectivity index (χ2n) is 7.38. The molecule has 0 bridgehead atoms. The predicted molar refractivity (Wildman–Crippen MR) is 118 cm³/mol. The standard InChI is InChI=1S/C20H20N6O2S2/c1-12-10-29-18(21-12)22-16(27)11-30-20-24-23-19-25(13-6-2-3-7-13)17(28)14-8-4-5-9-15(14)26(19)20/h4-5,8-10,13H,2-3,6-7,11H2,1H3,(H,21,22,27). The van der Waals surface area contributed by atoms with E-state index in [9.17, 15) is 9.59 Å². The number of aromatic nitrogens is 5. The molecule has 0 unspecified atom stereocenters. The molecule has 0 radical (unpaired) electrons. The van der Waals surface area contributed by atoms with Gasteiger partial charge in [-0.05, 0) is 31.9 Å². The Kier molecular flexibility index (Phi) is 5.03. The third-order valence-electron chi connectivity index (χ3n) is 5.31. The monoisotopic (exact) mass is 440 g/mol. The summed E-state index contributed by atoms with van der Waals surface area (Å²) in [5, 5.41) is 15.2. The summed E-state index contributed by atoms with van der Waals surface area (Å²) in [5.74, 6) is 0.569. The van der Waals surface area contributed by atoms with E-state index in [4.69, 9.17) is 0 Å². The van der Waals surface area contributed by atoms with E-state index in [0.29, 0.717) is 21.5 Å². The van der Waals surface area contributed by atoms with Crippen LogP contribution in [0.4, 0.5) is 5.13 Å². The molecular weight excluding hydrogens is 420 g/mol. The van der Waals surface area contributed by atoms with Gasteiger partial charge in [0.2, 0.25) is 11.7 Å². The first-order chi connectivity index (χ1) is 14.6. The van der Waals surface area contributed by atoms with E-state index in [0.717, 1.165) is 36.9 Å². The average molecular weight is 441 g/mol. The summed E-state index contributed by atoms with van der Waals surface area (Å²) in [6.07, 6.45) is 4.17. The summed E-state index contributed by atoms with van der Waals surface area (Å²) in [7, 11) is 0. The third-order valence-corrected chi connectivity index (χ3v) is 7.12. The lowest BCUT2D eigenvalue weighted by Crippen LogP contribution is -2.26. The molecular formula is C20H20N6O2S2. The number of aryl methyl sites for hydroxylation is 1. The Morgan fingerprint density at radius 1 is 1.27 bits per heavy atom. The molecule has 1 saturated carbocycles. The molecule has 3 heterocycles. The first-order valence-corrected chi connectivity index (χ1v) is 11.7. The predicted octanol–water partition coefficient (Wildman–Crippen LogP) is 3.66. The van der Waals surface area contributed by atoms with Crippen LogP contribution in [0, 0.1) is 6.92 Å². The molecule has 8 nitrogen and oxygen atoms in total. The Morgan fingerprint density at radius 3 is 2.83 bits per heavy atom. The second kappa shape index (κ2) is 7.84. The highest BCUT2D eigenvalue weighted by atomic mass is 32.2. The number of fused-ring (bicyclic) bond motifs is 3. The number of hydrogen-bond donors (Lipinski definition) is 1. The number of rotatable bonds is 5. The highest BCUT2D eigenvalue weighted by Crippen LogP contribution is 2.31. The van der Waals surface area contributed by atoms with E-state index in [1.165, 1.54) is 23.1 Å². The van der Waals surface area contributed by atoms with Gasteiger partial charge in [-0.25, -0.2) is 4.98 Å². The Hall–Kier alpha value is -2.72. The first-order valence-electron chi connectivity index (χ1n) is 9.85. The van der Waals surface area contributed by atoms with E-state index < -0.39 is 0 Å². The number of para-hydroxylation sites is 1. The lowest BCUT2D eigenvalue weighted by atomic mass is 10.2. The number of amides is 1. The summed E-state index contributed by atoms with van der Waals surface area (Å²) in [4.78, 5) is 29.8. The molecule has 30 heavy (non-hydrogen) atoms. The van der Waals surface area contributed by atoms with Crippen LogP contribution < -0.4 is 10.9 Å². The van der Waals surface area contributed by atoms with E-state index in [1.54, 1.807) is 4.57 Å². The first kappa shape index (κ1) is 19.3. The fourth-order valence-corrected chi connectivity index (χ4v) is 5.43. The molecule has 0 aliphatic heterocycles. The molecule has 4 aromatic rings. The maximum Gasteiger partial charge on any atom is 0.263 e. The molecule has 1 amide bonds. The minimum atomic E-state index is -0.153. The molecule has 5 rings (SSSR count). The van der Waals surface area contributed by atoms with E-state index in [-0.39, 0.29) is 23.3 Å². The number of thiazole rings is 1. The van der Waals surface area contributed by atoms with Gasteiger partial charge < -0.3 is 5.32 Å². The molecule has 0 atom stereocenters. The fraction of sp³-hybridized carbons (Fsp3) is 0.350. The number of carbonyl (C=O) groups is 1. The topological polar surface area (TPSA) is 94.2 Å². The van der Waals surface area contributed by atoms with Crippen LogP contribution in [0.5, 0.6) is 0 Å². The number of hydrogen-bond acceptors (Lipinski definition) is 7. The van der Waals surface area contributed by atoms with Crippen LogP contribution in [-0.2, 0) is 4.79 Å². The third kappa shape index (κ3) is 3.39. The van der Waals surface area contributed by atoms with Crippen LogP contribution in [0.15, 0.2) is 39.6 Å². The molecule has 0 spiro atoms.